The molecule has 1 nitrogen and oxygen atoms in total. The van der Waals surface area contributed by atoms with Crippen molar-refractivity contribution in [2.24, 2.45) is 5.92 Å². The molecule has 76 valence electrons. The van der Waals surface area contributed by atoms with Crippen molar-refractivity contribution in [2.75, 3.05) is 0 Å². The number of hydrogen-bond donors (Lipinski definition) is 0. The van der Waals surface area contributed by atoms with Gasteiger partial charge < -0.3 is 4.74 Å². The fourth-order valence-electron chi connectivity index (χ4n) is 2.82. The van der Waals surface area contributed by atoms with Gasteiger partial charge in [0.2, 0.25) is 0 Å². The van der Waals surface area contributed by atoms with Gasteiger partial charge in [-0.15, -0.1) is 0 Å². The molecule has 13 heavy (non-hydrogen) atoms. The van der Waals surface area contributed by atoms with Crippen LogP contribution in [0.2, 0.25) is 0 Å². The van der Waals surface area contributed by atoms with Gasteiger partial charge in [-0.25, -0.2) is 0 Å². The molecule has 1 heteroatoms. The molecule has 2 unspecified atom stereocenters. The van der Waals surface area contributed by atoms with E-state index in [1.807, 2.05) is 0 Å². The highest BCUT2D eigenvalue weighted by Gasteiger charge is 2.27. The minimum atomic E-state index is 0.619. The minimum Gasteiger partial charge on any atom is -0.375 e. The highest BCUT2D eigenvalue weighted by molar-refractivity contribution is 4.77. The van der Waals surface area contributed by atoms with Crippen LogP contribution in [-0.4, -0.2) is 12.2 Å². The Hall–Kier alpha value is -0.0400. The molecule has 0 aromatic carbocycles. The van der Waals surface area contributed by atoms with E-state index in [-0.39, 0.29) is 0 Å². The van der Waals surface area contributed by atoms with E-state index in [4.69, 9.17) is 4.74 Å². The predicted molar refractivity (Wildman–Crippen MR) is 54.8 cm³/mol. The van der Waals surface area contributed by atoms with Crippen molar-refractivity contribution < 1.29 is 4.74 Å². The van der Waals surface area contributed by atoms with E-state index in [1.165, 1.54) is 51.4 Å². The van der Waals surface area contributed by atoms with Crippen molar-refractivity contribution in [1.29, 1.82) is 0 Å². The van der Waals surface area contributed by atoms with Gasteiger partial charge in [0.05, 0.1) is 12.2 Å². The van der Waals surface area contributed by atoms with Gasteiger partial charge in [0, 0.05) is 0 Å². The van der Waals surface area contributed by atoms with E-state index in [0.717, 1.165) is 5.92 Å². The van der Waals surface area contributed by atoms with Gasteiger partial charge in [-0.3, -0.25) is 0 Å². The lowest BCUT2D eigenvalue weighted by Crippen LogP contribution is -2.17. The second-order valence-electron chi connectivity index (χ2n) is 4.75. The molecule has 2 atom stereocenters. The summed E-state index contributed by atoms with van der Waals surface area (Å²) in [6, 6.07) is 0. The van der Waals surface area contributed by atoms with Crippen LogP contribution >= 0.6 is 0 Å². The maximum atomic E-state index is 6.10. The van der Waals surface area contributed by atoms with Crippen LogP contribution in [0.25, 0.3) is 0 Å². The second-order valence-corrected chi connectivity index (χ2v) is 4.75. The summed E-state index contributed by atoms with van der Waals surface area (Å²) in [6.07, 6.45) is 12.1. The summed E-state index contributed by atoms with van der Waals surface area (Å²) in [7, 11) is 0. The summed E-state index contributed by atoms with van der Waals surface area (Å²) in [6.45, 7) is 2.31. The zero-order valence-corrected chi connectivity index (χ0v) is 8.80. The van der Waals surface area contributed by atoms with Crippen molar-refractivity contribution >= 4 is 0 Å². The molecule has 0 amide bonds. The number of rotatable bonds is 3. The Labute approximate surface area is 81.9 Å². The van der Waals surface area contributed by atoms with Crippen LogP contribution in [0.4, 0.5) is 0 Å². The lowest BCUT2D eigenvalue weighted by atomic mass is 10.1. The Bertz CT molecular complexity index is 149. The van der Waals surface area contributed by atoms with E-state index < -0.39 is 0 Å². The highest BCUT2D eigenvalue weighted by atomic mass is 16.5. The van der Waals surface area contributed by atoms with E-state index in [1.54, 1.807) is 0 Å². The van der Waals surface area contributed by atoms with Gasteiger partial charge in [0.15, 0.2) is 0 Å². The zero-order chi connectivity index (χ0) is 9.10. The minimum absolute atomic E-state index is 0.619. The molecular weight excluding hydrogens is 160 g/mol. The summed E-state index contributed by atoms with van der Waals surface area (Å²) in [5, 5.41) is 0. The zero-order valence-electron chi connectivity index (χ0n) is 8.80. The molecule has 0 saturated heterocycles. The molecule has 0 aromatic rings. The van der Waals surface area contributed by atoms with Crippen molar-refractivity contribution in [2.45, 2.75) is 70.5 Å². The van der Waals surface area contributed by atoms with E-state index in [9.17, 15) is 0 Å². The third-order valence-corrected chi connectivity index (χ3v) is 3.76. The molecule has 0 spiro atoms. The average Bonchev–Trinajstić information content (AvgIpc) is 2.76. The Balaban J connectivity index is 1.70. The van der Waals surface area contributed by atoms with Gasteiger partial charge in [-0.1, -0.05) is 26.2 Å². The second kappa shape index (κ2) is 4.45. The maximum Gasteiger partial charge on any atom is 0.0581 e. The fraction of sp³-hybridized carbons (Fsp3) is 1.00. The molecule has 0 radical (unpaired) electrons. The van der Waals surface area contributed by atoms with Gasteiger partial charge in [-0.05, 0) is 38.0 Å². The fourth-order valence-corrected chi connectivity index (χ4v) is 2.82. The van der Waals surface area contributed by atoms with Crippen LogP contribution in [-0.2, 0) is 4.74 Å². The van der Waals surface area contributed by atoms with Crippen molar-refractivity contribution in [3.8, 4) is 0 Å². The van der Waals surface area contributed by atoms with E-state index in [0.29, 0.717) is 12.2 Å². The van der Waals surface area contributed by atoms with Gasteiger partial charge in [0.25, 0.3) is 0 Å². The molecule has 0 aliphatic heterocycles. The van der Waals surface area contributed by atoms with Crippen LogP contribution in [0.5, 0.6) is 0 Å². The van der Waals surface area contributed by atoms with E-state index in [2.05, 4.69) is 6.92 Å². The molecule has 0 aromatic heterocycles. The third kappa shape index (κ3) is 2.46. The lowest BCUT2D eigenvalue weighted by Gasteiger charge is -2.17. The Morgan fingerprint density at radius 2 is 1.77 bits per heavy atom. The number of ether oxygens (including phenoxy) is 1. The molecule has 2 fully saturated rings. The summed E-state index contributed by atoms with van der Waals surface area (Å²) < 4.78 is 6.10. The van der Waals surface area contributed by atoms with Crippen molar-refractivity contribution in [1.82, 2.24) is 0 Å². The molecule has 2 aliphatic carbocycles. The summed E-state index contributed by atoms with van der Waals surface area (Å²) in [4.78, 5) is 0. The normalized spacial score (nSPS) is 35.8. The van der Waals surface area contributed by atoms with Gasteiger partial charge in [0.1, 0.15) is 0 Å². The molecule has 2 aliphatic rings. The van der Waals surface area contributed by atoms with Gasteiger partial charge in [-0.2, -0.15) is 0 Å². The van der Waals surface area contributed by atoms with Crippen LogP contribution in [0.3, 0.4) is 0 Å². The number of hydrogen-bond acceptors (Lipinski definition) is 1. The molecular formula is C12H22O. The Kier molecular flexibility index (Phi) is 3.26. The Morgan fingerprint density at radius 1 is 1.00 bits per heavy atom. The first-order valence-corrected chi connectivity index (χ1v) is 6.04. The maximum absolute atomic E-state index is 6.10. The average molecular weight is 182 g/mol. The molecule has 0 N–H and O–H groups in total. The smallest absolute Gasteiger partial charge is 0.0581 e. The van der Waals surface area contributed by atoms with Crippen LogP contribution in [0.1, 0.15) is 58.3 Å². The largest absolute Gasteiger partial charge is 0.375 e. The molecule has 2 saturated carbocycles. The first kappa shape index (κ1) is 9.51. The monoisotopic (exact) mass is 182 g/mol. The van der Waals surface area contributed by atoms with E-state index >= 15 is 0 Å². The predicted octanol–water partition coefficient (Wildman–Crippen LogP) is 3.52. The SMILES string of the molecule is CCC1CCC(OC2CCCC2)C1. The standard InChI is InChI=1S/C12H22O/c1-2-10-7-8-12(9-10)13-11-5-3-4-6-11/h10-12H,2-9H2,1H3. The highest BCUT2D eigenvalue weighted by Crippen LogP contribution is 2.33. The first-order chi connectivity index (χ1) is 6.38. The topological polar surface area (TPSA) is 9.23 Å². The van der Waals surface area contributed by atoms with Crippen LogP contribution in [0.15, 0.2) is 0 Å². The third-order valence-electron chi connectivity index (χ3n) is 3.76. The molecule has 2 rings (SSSR count). The lowest BCUT2D eigenvalue weighted by molar-refractivity contribution is -0.00566. The van der Waals surface area contributed by atoms with Crippen molar-refractivity contribution in [3.63, 3.8) is 0 Å². The summed E-state index contributed by atoms with van der Waals surface area (Å²) in [5.74, 6) is 0.964. The van der Waals surface area contributed by atoms with Gasteiger partial charge >= 0.3 is 0 Å². The van der Waals surface area contributed by atoms with Crippen LogP contribution in [0, 0.1) is 5.92 Å². The van der Waals surface area contributed by atoms with Crippen molar-refractivity contribution in [3.05, 3.63) is 0 Å². The molecule has 0 heterocycles. The Morgan fingerprint density at radius 3 is 2.38 bits per heavy atom. The first-order valence-electron chi connectivity index (χ1n) is 6.04. The van der Waals surface area contributed by atoms with Crippen LogP contribution < -0.4 is 0 Å². The summed E-state index contributed by atoms with van der Waals surface area (Å²) >= 11 is 0. The quantitative estimate of drug-likeness (QED) is 0.649. The summed E-state index contributed by atoms with van der Waals surface area (Å²) in [5.41, 5.74) is 0. The molecule has 0 bridgehead atoms.